The Morgan fingerprint density at radius 2 is 2.00 bits per heavy atom. The number of ether oxygens (including phenoxy) is 1. The second-order valence-electron chi connectivity index (χ2n) is 4.35. The van der Waals surface area contributed by atoms with Crippen LogP contribution in [0.3, 0.4) is 0 Å². The Kier molecular flexibility index (Phi) is 5.08. The van der Waals surface area contributed by atoms with E-state index in [0.29, 0.717) is 18.4 Å². The largest absolute Gasteiger partial charge is 0.459 e. The van der Waals surface area contributed by atoms with E-state index in [1.54, 1.807) is 19.1 Å². The summed E-state index contributed by atoms with van der Waals surface area (Å²) in [5, 5.41) is 5.15. The molecule has 19 heavy (non-hydrogen) atoms. The van der Waals surface area contributed by atoms with Crippen LogP contribution in [0.4, 0.5) is 0 Å². The predicted molar refractivity (Wildman–Crippen MR) is 72.4 cm³/mol. The van der Waals surface area contributed by atoms with Crippen LogP contribution in [0.2, 0.25) is 0 Å². The van der Waals surface area contributed by atoms with Gasteiger partial charge in [0.05, 0.1) is 16.6 Å². The van der Waals surface area contributed by atoms with Crippen LogP contribution in [0.15, 0.2) is 23.1 Å². The summed E-state index contributed by atoms with van der Waals surface area (Å²) >= 11 is 0. The average Bonchev–Trinajstić information content (AvgIpc) is 2.36. The molecule has 1 unspecified atom stereocenters. The van der Waals surface area contributed by atoms with E-state index in [1.807, 2.05) is 13.8 Å². The Balaban J connectivity index is 3.16. The third-order valence-electron chi connectivity index (χ3n) is 2.87. The number of hydrogen-bond donors (Lipinski definition) is 1. The van der Waals surface area contributed by atoms with Crippen LogP contribution >= 0.6 is 0 Å². The van der Waals surface area contributed by atoms with E-state index in [1.165, 1.54) is 6.07 Å². The first-order chi connectivity index (χ1) is 8.79. The molecule has 0 saturated carbocycles. The average molecular weight is 285 g/mol. The van der Waals surface area contributed by atoms with Crippen molar-refractivity contribution in [2.45, 2.75) is 44.6 Å². The molecule has 0 fully saturated rings. The number of esters is 1. The molecule has 1 aromatic carbocycles. The van der Waals surface area contributed by atoms with Gasteiger partial charge in [-0.2, -0.15) is 0 Å². The van der Waals surface area contributed by atoms with Crippen LogP contribution < -0.4 is 5.14 Å². The van der Waals surface area contributed by atoms with Gasteiger partial charge in [0.15, 0.2) is 0 Å². The molecule has 6 heteroatoms. The van der Waals surface area contributed by atoms with Crippen molar-refractivity contribution in [1.82, 2.24) is 0 Å². The molecule has 0 aliphatic heterocycles. The minimum atomic E-state index is -3.84. The molecule has 0 aromatic heterocycles. The minimum Gasteiger partial charge on any atom is -0.459 e. The lowest BCUT2D eigenvalue weighted by molar-refractivity contribution is 0.0334. The third kappa shape index (κ3) is 4.04. The summed E-state index contributed by atoms with van der Waals surface area (Å²) in [6.07, 6.45) is 1.00. The van der Waals surface area contributed by atoms with Crippen molar-refractivity contribution in [3.8, 4) is 0 Å². The van der Waals surface area contributed by atoms with E-state index < -0.39 is 16.0 Å². The van der Waals surface area contributed by atoms with Gasteiger partial charge in [-0.1, -0.05) is 19.9 Å². The summed E-state index contributed by atoms with van der Waals surface area (Å²) in [5.41, 5.74) is 0.782. The smallest absolute Gasteiger partial charge is 0.338 e. The third-order valence-corrected chi connectivity index (χ3v) is 3.87. The molecule has 0 radical (unpaired) electrons. The molecular formula is C13H19NO4S. The molecule has 1 rings (SSSR count). The van der Waals surface area contributed by atoms with Crippen molar-refractivity contribution in [3.05, 3.63) is 29.3 Å². The Morgan fingerprint density at radius 1 is 1.37 bits per heavy atom. The minimum absolute atomic E-state index is 0.0198. The summed E-state index contributed by atoms with van der Waals surface area (Å²) in [6.45, 7) is 5.49. The van der Waals surface area contributed by atoms with E-state index in [2.05, 4.69) is 0 Å². The van der Waals surface area contributed by atoms with Gasteiger partial charge in [-0.15, -0.1) is 0 Å². The van der Waals surface area contributed by atoms with Gasteiger partial charge in [-0.25, -0.2) is 18.4 Å². The highest BCUT2D eigenvalue weighted by molar-refractivity contribution is 7.89. The molecule has 1 aromatic rings. The summed E-state index contributed by atoms with van der Waals surface area (Å²) in [4.78, 5) is 11.8. The maximum absolute atomic E-state index is 11.8. The Labute approximate surface area is 113 Å². The van der Waals surface area contributed by atoms with Gasteiger partial charge in [0.2, 0.25) is 10.0 Å². The zero-order chi connectivity index (χ0) is 14.6. The lowest BCUT2D eigenvalue weighted by atomic mass is 10.1. The summed E-state index contributed by atoms with van der Waals surface area (Å²) < 4.78 is 28.1. The summed E-state index contributed by atoms with van der Waals surface area (Å²) in [5.74, 6) is -0.540. The molecular weight excluding hydrogens is 266 g/mol. The standard InChI is InChI=1S/C13H19NO4S/c1-4-9(3)18-13(15)11-7-6-10(5-2)12(8-11)19(14,16)17/h6-9H,4-5H2,1-3H3,(H2,14,16,17). The van der Waals surface area contributed by atoms with Crippen LogP contribution in [-0.2, 0) is 21.2 Å². The zero-order valence-corrected chi connectivity index (χ0v) is 12.2. The maximum atomic E-state index is 11.8. The molecule has 0 heterocycles. The zero-order valence-electron chi connectivity index (χ0n) is 11.3. The van der Waals surface area contributed by atoms with Crippen molar-refractivity contribution in [3.63, 3.8) is 0 Å². The first-order valence-corrected chi connectivity index (χ1v) is 7.70. The molecule has 0 bridgehead atoms. The number of benzene rings is 1. The highest BCUT2D eigenvalue weighted by Crippen LogP contribution is 2.18. The molecule has 0 spiro atoms. The molecule has 5 nitrogen and oxygen atoms in total. The van der Waals surface area contributed by atoms with Crippen LogP contribution in [0, 0.1) is 0 Å². The van der Waals surface area contributed by atoms with E-state index in [9.17, 15) is 13.2 Å². The topological polar surface area (TPSA) is 86.5 Å². The fraction of sp³-hybridized carbons (Fsp3) is 0.462. The fourth-order valence-electron chi connectivity index (χ4n) is 1.57. The Morgan fingerprint density at radius 3 is 2.47 bits per heavy atom. The van der Waals surface area contributed by atoms with Gasteiger partial charge >= 0.3 is 5.97 Å². The van der Waals surface area contributed by atoms with Crippen molar-refractivity contribution < 1.29 is 17.9 Å². The molecule has 0 saturated heterocycles. The number of hydrogen-bond acceptors (Lipinski definition) is 4. The number of aryl methyl sites for hydroxylation is 1. The molecule has 0 aliphatic rings. The van der Waals surface area contributed by atoms with Gasteiger partial charge in [-0.05, 0) is 37.5 Å². The first kappa shape index (κ1) is 15.7. The van der Waals surface area contributed by atoms with E-state index >= 15 is 0 Å². The second kappa shape index (κ2) is 6.16. The van der Waals surface area contributed by atoms with Gasteiger partial charge in [0.1, 0.15) is 0 Å². The number of carbonyl (C=O) groups excluding carboxylic acids is 1. The fourth-order valence-corrected chi connectivity index (χ4v) is 2.44. The van der Waals surface area contributed by atoms with Gasteiger partial charge < -0.3 is 4.74 Å². The van der Waals surface area contributed by atoms with Crippen molar-refractivity contribution >= 4 is 16.0 Å². The predicted octanol–water partition coefficient (Wildman–Crippen LogP) is 1.85. The molecule has 1 atom stereocenters. The number of nitrogens with two attached hydrogens (primary N) is 1. The molecule has 106 valence electrons. The lowest BCUT2D eigenvalue weighted by Crippen LogP contribution is -2.17. The van der Waals surface area contributed by atoms with Crippen molar-refractivity contribution in [2.24, 2.45) is 5.14 Å². The Bertz CT molecular complexity index is 566. The SMILES string of the molecule is CCc1ccc(C(=O)OC(C)CC)cc1S(N)(=O)=O. The molecule has 2 N–H and O–H groups in total. The maximum Gasteiger partial charge on any atom is 0.338 e. The van der Waals surface area contributed by atoms with Gasteiger partial charge in [-0.3, -0.25) is 0 Å². The summed E-state index contributed by atoms with van der Waals surface area (Å²) in [6, 6.07) is 4.42. The Hall–Kier alpha value is -1.40. The van der Waals surface area contributed by atoms with Crippen LogP contribution in [0.25, 0.3) is 0 Å². The van der Waals surface area contributed by atoms with Crippen LogP contribution in [-0.4, -0.2) is 20.5 Å². The number of sulfonamides is 1. The highest BCUT2D eigenvalue weighted by Gasteiger charge is 2.18. The van der Waals surface area contributed by atoms with E-state index in [4.69, 9.17) is 9.88 Å². The second-order valence-corrected chi connectivity index (χ2v) is 5.88. The molecule has 0 amide bonds. The summed E-state index contributed by atoms with van der Waals surface area (Å²) in [7, 11) is -3.84. The van der Waals surface area contributed by atoms with Gasteiger partial charge in [0, 0.05) is 0 Å². The number of rotatable bonds is 5. The van der Waals surface area contributed by atoms with Crippen molar-refractivity contribution in [1.29, 1.82) is 0 Å². The quantitative estimate of drug-likeness (QED) is 0.836. The highest BCUT2D eigenvalue weighted by atomic mass is 32.2. The van der Waals surface area contributed by atoms with Crippen LogP contribution in [0.5, 0.6) is 0 Å². The number of primary sulfonamides is 1. The van der Waals surface area contributed by atoms with Crippen molar-refractivity contribution in [2.75, 3.05) is 0 Å². The van der Waals surface area contributed by atoms with Crippen LogP contribution in [0.1, 0.15) is 43.1 Å². The van der Waals surface area contributed by atoms with E-state index in [0.717, 1.165) is 0 Å². The van der Waals surface area contributed by atoms with Gasteiger partial charge in [0.25, 0.3) is 0 Å². The van der Waals surface area contributed by atoms with E-state index in [-0.39, 0.29) is 16.6 Å². The molecule has 0 aliphatic carbocycles. The monoisotopic (exact) mass is 285 g/mol. The first-order valence-electron chi connectivity index (χ1n) is 6.16. The lowest BCUT2D eigenvalue weighted by Gasteiger charge is -2.12. The normalized spacial score (nSPS) is 13.1. The number of carbonyl (C=O) groups is 1.